The van der Waals surface area contributed by atoms with Crippen LogP contribution in [0.15, 0.2) is 23.7 Å². The van der Waals surface area contributed by atoms with Crippen LogP contribution in [-0.2, 0) is 0 Å². The van der Waals surface area contributed by atoms with Gasteiger partial charge < -0.3 is 16.0 Å². The molecule has 22 heavy (non-hydrogen) atoms. The Morgan fingerprint density at radius 3 is 3.32 bits per heavy atom. The Morgan fingerprint density at radius 1 is 1.55 bits per heavy atom. The van der Waals surface area contributed by atoms with Gasteiger partial charge in [-0.25, -0.2) is 4.98 Å². The first kappa shape index (κ1) is 14.6. The molecule has 8 heteroatoms. The molecule has 0 radical (unpaired) electrons. The molecule has 1 atom stereocenters. The zero-order valence-corrected chi connectivity index (χ0v) is 12.8. The first-order valence-corrected chi connectivity index (χ1v) is 7.71. The summed E-state index contributed by atoms with van der Waals surface area (Å²) < 4.78 is 1.90. The summed E-state index contributed by atoms with van der Waals surface area (Å²) in [6.07, 6.45) is 7.63. The minimum atomic E-state index is 0.482. The molecule has 0 amide bonds. The molecule has 2 aromatic rings. The number of guanidine groups is 1. The number of aliphatic imine (C=N–C) groups is 1. The van der Waals surface area contributed by atoms with Gasteiger partial charge in [-0.15, -0.1) is 10.2 Å². The second-order valence-corrected chi connectivity index (χ2v) is 5.52. The van der Waals surface area contributed by atoms with E-state index in [2.05, 4.69) is 30.4 Å². The number of nitrogens with one attached hydrogen (secondary N) is 1. The highest BCUT2D eigenvalue weighted by Gasteiger charge is 2.23. The van der Waals surface area contributed by atoms with Crippen molar-refractivity contribution in [2.75, 3.05) is 31.1 Å². The Labute approximate surface area is 129 Å². The molecule has 1 aliphatic rings. The molecule has 3 rings (SSSR count). The van der Waals surface area contributed by atoms with Gasteiger partial charge in [0.2, 0.25) is 5.65 Å². The quantitative estimate of drug-likeness (QED) is 0.621. The molecule has 1 aliphatic heterocycles. The van der Waals surface area contributed by atoms with Crippen LogP contribution >= 0.6 is 0 Å². The maximum absolute atomic E-state index is 5.80. The third-order valence-electron chi connectivity index (χ3n) is 3.89. The lowest BCUT2D eigenvalue weighted by Gasteiger charge is -2.32. The molecule has 0 saturated carbocycles. The molecule has 3 N–H and O–H groups in total. The van der Waals surface area contributed by atoms with Crippen molar-refractivity contribution in [3.8, 4) is 0 Å². The molecular weight excluding hydrogens is 280 g/mol. The minimum absolute atomic E-state index is 0.482. The highest BCUT2D eigenvalue weighted by atomic mass is 15.3. The van der Waals surface area contributed by atoms with Crippen molar-refractivity contribution in [2.45, 2.75) is 19.8 Å². The molecule has 2 aromatic heterocycles. The number of rotatable bonds is 4. The number of aromatic nitrogens is 4. The molecule has 0 bridgehead atoms. The zero-order chi connectivity index (χ0) is 15.4. The molecule has 3 heterocycles. The number of nitrogens with two attached hydrogens (primary N) is 1. The second-order valence-electron chi connectivity index (χ2n) is 5.52. The maximum Gasteiger partial charge on any atom is 0.203 e. The summed E-state index contributed by atoms with van der Waals surface area (Å²) in [6, 6.07) is 0. The molecule has 1 saturated heterocycles. The normalized spacial score (nSPS) is 19.6. The number of piperidine rings is 1. The molecule has 0 aliphatic carbocycles. The van der Waals surface area contributed by atoms with Gasteiger partial charge in [0.05, 0.1) is 0 Å². The van der Waals surface area contributed by atoms with Crippen LogP contribution in [0, 0.1) is 5.92 Å². The van der Waals surface area contributed by atoms with Gasteiger partial charge in [0.1, 0.15) is 6.33 Å². The lowest BCUT2D eigenvalue weighted by atomic mass is 9.98. The van der Waals surface area contributed by atoms with Crippen molar-refractivity contribution in [3.05, 3.63) is 18.7 Å². The number of fused-ring (bicyclic) bond motifs is 1. The van der Waals surface area contributed by atoms with Crippen LogP contribution in [0.2, 0.25) is 0 Å². The van der Waals surface area contributed by atoms with Crippen LogP contribution in [0.4, 0.5) is 5.82 Å². The summed E-state index contributed by atoms with van der Waals surface area (Å²) in [5.41, 5.74) is 6.60. The topological polar surface area (TPSA) is 96.7 Å². The van der Waals surface area contributed by atoms with Crippen molar-refractivity contribution < 1.29 is 0 Å². The van der Waals surface area contributed by atoms with Gasteiger partial charge in [0, 0.05) is 38.6 Å². The Hall–Kier alpha value is -2.38. The average molecular weight is 302 g/mol. The monoisotopic (exact) mass is 302 g/mol. The van der Waals surface area contributed by atoms with Crippen LogP contribution in [-0.4, -0.2) is 51.7 Å². The van der Waals surface area contributed by atoms with Crippen LogP contribution in [0.5, 0.6) is 0 Å². The third-order valence-corrected chi connectivity index (χ3v) is 3.89. The van der Waals surface area contributed by atoms with E-state index in [-0.39, 0.29) is 0 Å². The lowest BCUT2D eigenvalue weighted by molar-refractivity contribution is 0.422. The summed E-state index contributed by atoms with van der Waals surface area (Å²) in [7, 11) is 0. The number of anilines is 1. The average Bonchev–Trinajstić information content (AvgIpc) is 3.02. The number of hydrogen-bond acceptors (Lipinski definition) is 5. The molecule has 0 aromatic carbocycles. The van der Waals surface area contributed by atoms with Crippen molar-refractivity contribution >= 4 is 17.4 Å². The maximum atomic E-state index is 5.80. The summed E-state index contributed by atoms with van der Waals surface area (Å²) in [4.78, 5) is 11.2. The van der Waals surface area contributed by atoms with E-state index in [9.17, 15) is 0 Å². The fourth-order valence-electron chi connectivity index (χ4n) is 2.84. The highest BCUT2D eigenvalue weighted by molar-refractivity contribution is 5.77. The fraction of sp³-hybridized carbons (Fsp3) is 0.571. The Balaban J connectivity index is 1.70. The SMILES string of the molecule is CCNC(N)=NCC1CCCN(c2nccn3cnnc23)C1. The molecule has 118 valence electrons. The van der Waals surface area contributed by atoms with Crippen molar-refractivity contribution in [1.29, 1.82) is 0 Å². The van der Waals surface area contributed by atoms with E-state index in [0.29, 0.717) is 11.9 Å². The van der Waals surface area contributed by atoms with Gasteiger partial charge in [-0.3, -0.25) is 9.39 Å². The molecule has 1 unspecified atom stereocenters. The molecular formula is C14H22N8. The van der Waals surface area contributed by atoms with Gasteiger partial charge in [-0.1, -0.05) is 0 Å². The van der Waals surface area contributed by atoms with Crippen LogP contribution < -0.4 is 16.0 Å². The predicted octanol–water partition coefficient (Wildman–Crippen LogP) is 0.265. The van der Waals surface area contributed by atoms with E-state index >= 15 is 0 Å². The number of hydrogen-bond donors (Lipinski definition) is 2. The summed E-state index contributed by atoms with van der Waals surface area (Å²) in [5.74, 6) is 1.90. The molecule has 0 spiro atoms. The lowest BCUT2D eigenvalue weighted by Crippen LogP contribution is -2.38. The summed E-state index contributed by atoms with van der Waals surface area (Å²) >= 11 is 0. The van der Waals surface area contributed by atoms with Crippen LogP contribution in [0.25, 0.3) is 5.65 Å². The minimum Gasteiger partial charge on any atom is -0.370 e. The summed E-state index contributed by atoms with van der Waals surface area (Å²) in [6.45, 7) is 5.45. The van der Waals surface area contributed by atoms with Crippen molar-refractivity contribution in [1.82, 2.24) is 24.9 Å². The van der Waals surface area contributed by atoms with Crippen molar-refractivity contribution in [3.63, 3.8) is 0 Å². The predicted molar refractivity (Wildman–Crippen MR) is 85.9 cm³/mol. The van der Waals surface area contributed by atoms with Crippen molar-refractivity contribution in [2.24, 2.45) is 16.6 Å². The first-order chi connectivity index (χ1) is 10.8. The van der Waals surface area contributed by atoms with E-state index in [1.165, 1.54) is 0 Å². The van der Waals surface area contributed by atoms with Gasteiger partial charge in [0.25, 0.3) is 0 Å². The third kappa shape index (κ3) is 3.10. The molecule has 8 nitrogen and oxygen atoms in total. The smallest absolute Gasteiger partial charge is 0.203 e. The fourth-order valence-corrected chi connectivity index (χ4v) is 2.84. The Bertz CT molecular complexity index is 649. The van der Waals surface area contributed by atoms with Gasteiger partial charge in [-0.05, 0) is 25.7 Å². The van der Waals surface area contributed by atoms with Gasteiger partial charge in [0.15, 0.2) is 11.8 Å². The van der Waals surface area contributed by atoms with Crippen LogP contribution in [0.3, 0.4) is 0 Å². The zero-order valence-electron chi connectivity index (χ0n) is 12.8. The van der Waals surface area contributed by atoms with Crippen LogP contribution in [0.1, 0.15) is 19.8 Å². The van der Waals surface area contributed by atoms with E-state index in [0.717, 1.165) is 50.5 Å². The van der Waals surface area contributed by atoms with Gasteiger partial charge in [-0.2, -0.15) is 0 Å². The standard InChI is InChI=1S/C14H22N8/c1-2-16-14(15)18-8-11-4-3-6-21(9-11)12-13-20-19-10-22(13)7-5-17-12/h5,7,10-11H,2-4,6,8-9H2,1H3,(H3,15,16,18). The first-order valence-electron chi connectivity index (χ1n) is 7.71. The van der Waals surface area contributed by atoms with Gasteiger partial charge >= 0.3 is 0 Å². The van der Waals surface area contributed by atoms with E-state index in [1.807, 2.05) is 17.5 Å². The Kier molecular flexibility index (Phi) is 4.36. The van der Waals surface area contributed by atoms with E-state index in [1.54, 1.807) is 12.5 Å². The van der Waals surface area contributed by atoms with E-state index in [4.69, 9.17) is 5.73 Å². The summed E-state index contributed by atoms with van der Waals surface area (Å²) in [5, 5.41) is 11.2. The highest BCUT2D eigenvalue weighted by Crippen LogP contribution is 2.24. The Morgan fingerprint density at radius 2 is 2.45 bits per heavy atom. The largest absolute Gasteiger partial charge is 0.370 e. The number of nitrogens with zero attached hydrogens (tertiary/aromatic N) is 6. The second kappa shape index (κ2) is 6.59. The van der Waals surface area contributed by atoms with E-state index < -0.39 is 0 Å². The molecule has 1 fully saturated rings.